The Hall–Kier alpha value is -3.38. The maximum Gasteiger partial charge on any atom is 0.260 e. The summed E-state index contributed by atoms with van der Waals surface area (Å²) in [5.41, 5.74) is 5.04. The number of hydrogen-bond acceptors (Lipinski definition) is 6. The average Bonchev–Trinajstić information content (AvgIpc) is 2.65. The van der Waals surface area contributed by atoms with Gasteiger partial charge in [-0.05, 0) is 54.8 Å². The lowest BCUT2D eigenvalue weighted by Crippen LogP contribution is -2.39. The number of amides is 1. The normalized spacial score (nSPS) is 11.1. The Morgan fingerprint density at radius 1 is 1.21 bits per heavy atom. The molecule has 0 radical (unpaired) electrons. The monoisotopic (exact) mass is 414 g/mol. The molecule has 1 N–H and O–H groups in total. The molecule has 152 valence electrons. The van der Waals surface area contributed by atoms with E-state index >= 15 is 0 Å². The highest BCUT2D eigenvalue weighted by atomic mass is 32.2. The molecule has 0 saturated heterocycles. The molecule has 0 spiro atoms. The zero-order chi connectivity index (χ0) is 21.4. The summed E-state index contributed by atoms with van der Waals surface area (Å²) < 4.78 is 30.7. The largest absolute Gasteiger partial charge is 0.479 e. The number of carbonyl (C=O) groups excluding carboxylic acids is 1. The number of nitrogens with zero attached hydrogens (tertiary/aromatic N) is 3. The van der Waals surface area contributed by atoms with Crippen molar-refractivity contribution in [3.63, 3.8) is 0 Å². The first-order valence-corrected chi connectivity index (χ1v) is 10.5. The van der Waals surface area contributed by atoms with Crippen LogP contribution in [0.3, 0.4) is 0 Å². The summed E-state index contributed by atoms with van der Waals surface area (Å²) in [5.74, 6) is -0.0200. The Kier molecular flexibility index (Phi) is 7.33. The van der Waals surface area contributed by atoms with Gasteiger partial charge in [0.2, 0.25) is 10.0 Å². The van der Waals surface area contributed by atoms with E-state index in [1.165, 1.54) is 6.21 Å². The number of rotatable bonds is 8. The van der Waals surface area contributed by atoms with E-state index in [1.807, 2.05) is 12.1 Å². The molecule has 2 aromatic rings. The Balaban J connectivity index is 2.06. The van der Waals surface area contributed by atoms with Crippen LogP contribution >= 0.6 is 0 Å². The second-order valence-corrected chi connectivity index (χ2v) is 8.23. The van der Waals surface area contributed by atoms with Gasteiger partial charge in [0, 0.05) is 0 Å². The van der Waals surface area contributed by atoms with E-state index in [1.54, 1.807) is 50.2 Å². The van der Waals surface area contributed by atoms with Crippen LogP contribution in [0, 0.1) is 25.2 Å². The molecule has 0 atom stereocenters. The lowest BCUT2D eigenvalue weighted by atomic mass is 10.1. The molecule has 0 bridgehead atoms. The van der Waals surface area contributed by atoms with Gasteiger partial charge in [0.1, 0.15) is 18.4 Å². The second kappa shape index (κ2) is 9.71. The van der Waals surface area contributed by atoms with Gasteiger partial charge in [-0.2, -0.15) is 10.4 Å². The Morgan fingerprint density at radius 3 is 2.38 bits per heavy atom. The fraction of sp³-hybridized carbons (Fsp3) is 0.250. The fourth-order valence-electron chi connectivity index (χ4n) is 2.67. The third-order valence-corrected chi connectivity index (χ3v) is 5.08. The van der Waals surface area contributed by atoms with Crippen LogP contribution < -0.4 is 14.5 Å². The van der Waals surface area contributed by atoms with Crippen molar-refractivity contribution in [2.24, 2.45) is 5.10 Å². The van der Waals surface area contributed by atoms with Crippen molar-refractivity contribution in [3.8, 4) is 11.8 Å². The first-order valence-electron chi connectivity index (χ1n) is 8.68. The number of benzene rings is 2. The molecule has 2 rings (SSSR count). The standard InChI is InChI=1S/C20H22N4O4S/c1-15-5-4-6-16(2)20(15)24(29(3,26)27)14-19(25)23-22-13-17-7-9-18(10-8-17)28-12-11-21/h4-10,13H,12,14H2,1-3H3,(H,23,25)/b22-13-. The number of nitrogens with one attached hydrogen (secondary N) is 1. The molecule has 0 aliphatic rings. The van der Waals surface area contributed by atoms with Crippen LogP contribution in [0.1, 0.15) is 16.7 Å². The van der Waals surface area contributed by atoms with Crippen LogP contribution in [-0.4, -0.2) is 39.9 Å². The molecule has 0 aliphatic heterocycles. The summed E-state index contributed by atoms with van der Waals surface area (Å²) in [4.78, 5) is 12.3. The van der Waals surface area contributed by atoms with Gasteiger partial charge in [-0.3, -0.25) is 9.10 Å². The van der Waals surface area contributed by atoms with Crippen LogP contribution in [-0.2, 0) is 14.8 Å². The van der Waals surface area contributed by atoms with Crippen molar-refractivity contribution in [2.75, 3.05) is 23.7 Å². The molecule has 9 heteroatoms. The third kappa shape index (κ3) is 6.33. The minimum absolute atomic E-state index is 0.0410. The van der Waals surface area contributed by atoms with E-state index in [9.17, 15) is 13.2 Å². The SMILES string of the molecule is Cc1cccc(C)c1N(CC(=O)N/N=C\c1ccc(OCC#N)cc1)S(C)(=O)=O. The van der Waals surface area contributed by atoms with Crippen LogP contribution in [0.15, 0.2) is 47.6 Å². The summed E-state index contributed by atoms with van der Waals surface area (Å²) in [7, 11) is -3.66. The topological polar surface area (TPSA) is 112 Å². The van der Waals surface area contributed by atoms with Crippen molar-refractivity contribution in [1.29, 1.82) is 5.26 Å². The quantitative estimate of drug-likeness (QED) is 0.525. The molecule has 0 saturated carbocycles. The van der Waals surface area contributed by atoms with Crippen molar-refractivity contribution >= 4 is 27.8 Å². The minimum Gasteiger partial charge on any atom is -0.479 e. The fourth-order valence-corrected chi connectivity index (χ4v) is 3.64. The summed E-state index contributed by atoms with van der Waals surface area (Å²) in [6, 6.07) is 14.1. The van der Waals surface area contributed by atoms with E-state index < -0.39 is 15.9 Å². The number of hydrazone groups is 1. The number of hydrogen-bond donors (Lipinski definition) is 1. The molecule has 0 heterocycles. The Bertz CT molecular complexity index is 1020. The van der Waals surface area contributed by atoms with E-state index in [0.29, 0.717) is 17.0 Å². The van der Waals surface area contributed by atoms with Crippen molar-refractivity contribution in [1.82, 2.24) is 5.43 Å². The lowest BCUT2D eigenvalue weighted by molar-refractivity contribution is -0.119. The van der Waals surface area contributed by atoms with Gasteiger partial charge in [-0.15, -0.1) is 0 Å². The average molecular weight is 414 g/mol. The maximum absolute atomic E-state index is 12.3. The number of sulfonamides is 1. The molecule has 8 nitrogen and oxygen atoms in total. The number of ether oxygens (including phenoxy) is 1. The van der Waals surface area contributed by atoms with Gasteiger partial charge in [0.25, 0.3) is 5.91 Å². The van der Waals surface area contributed by atoms with E-state index in [0.717, 1.165) is 21.7 Å². The second-order valence-electron chi connectivity index (χ2n) is 6.32. The molecule has 0 aliphatic carbocycles. The molecule has 2 aromatic carbocycles. The summed E-state index contributed by atoms with van der Waals surface area (Å²) in [5, 5.41) is 12.4. The van der Waals surface area contributed by atoms with E-state index in [2.05, 4.69) is 10.5 Å². The molecule has 0 fully saturated rings. The van der Waals surface area contributed by atoms with Crippen molar-refractivity contribution < 1.29 is 17.9 Å². The highest BCUT2D eigenvalue weighted by Crippen LogP contribution is 2.26. The number of carbonyl (C=O) groups is 1. The third-order valence-electron chi connectivity index (χ3n) is 3.96. The van der Waals surface area contributed by atoms with Gasteiger partial charge in [-0.25, -0.2) is 13.8 Å². The number of aryl methyl sites for hydroxylation is 2. The Labute approximate surface area is 170 Å². The van der Waals surface area contributed by atoms with E-state index in [-0.39, 0.29) is 13.2 Å². The number of para-hydroxylation sites is 1. The maximum atomic E-state index is 12.3. The van der Waals surface area contributed by atoms with Crippen molar-refractivity contribution in [2.45, 2.75) is 13.8 Å². The highest BCUT2D eigenvalue weighted by Gasteiger charge is 2.23. The first-order chi connectivity index (χ1) is 13.7. The first kappa shape index (κ1) is 21.9. The minimum atomic E-state index is -3.66. The summed E-state index contributed by atoms with van der Waals surface area (Å²) in [6.45, 7) is 3.16. The van der Waals surface area contributed by atoms with Crippen LogP contribution in [0.2, 0.25) is 0 Å². The summed E-state index contributed by atoms with van der Waals surface area (Å²) in [6.07, 6.45) is 2.49. The highest BCUT2D eigenvalue weighted by molar-refractivity contribution is 7.92. The van der Waals surface area contributed by atoms with E-state index in [4.69, 9.17) is 10.00 Å². The Morgan fingerprint density at radius 2 is 1.83 bits per heavy atom. The molecule has 1 amide bonds. The lowest BCUT2D eigenvalue weighted by Gasteiger charge is -2.25. The molecular weight excluding hydrogens is 392 g/mol. The zero-order valence-corrected chi connectivity index (χ0v) is 17.2. The van der Waals surface area contributed by atoms with Crippen LogP contribution in [0.5, 0.6) is 5.75 Å². The molecule has 29 heavy (non-hydrogen) atoms. The number of anilines is 1. The summed E-state index contributed by atoms with van der Waals surface area (Å²) >= 11 is 0. The van der Waals surface area contributed by atoms with Gasteiger partial charge >= 0.3 is 0 Å². The number of nitriles is 1. The van der Waals surface area contributed by atoms with Gasteiger partial charge in [0.05, 0.1) is 18.2 Å². The van der Waals surface area contributed by atoms with Gasteiger partial charge in [0.15, 0.2) is 6.61 Å². The molecular formula is C20H22N4O4S. The van der Waals surface area contributed by atoms with Gasteiger partial charge < -0.3 is 4.74 Å². The molecule has 0 aromatic heterocycles. The van der Waals surface area contributed by atoms with Crippen LogP contribution in [0.25, 0.3) is 0 Å². The van der Waals surface area contributed by atoms with Gasteiger partial charge in [-0.1, -0.05) is 18.2 Å². The van der Waals surface area contributed by atoms with Crippen LogP contribution in [0.4, 0.5) is 5.69 Å². The predicted molar refractivity (Wildman–Crippen MR) is 111 cm³/mol. The predicted octanol–water partition coefficient (Wildman–Crippen LogP) is 2.12. The zero-order valence-electron chi connectivity index (χ0n) is 16.4. The molecule has 0 unspecified atom stereocenters. The smallest absolute Gasteiger partial charge is 0.260 e. The van der Waals surface area contributed by atoms with Crippen molar-refractivity contribution in [3.05, 3.63) is 59.2 Å².